The molecule has 1 unspecified atom stereocenters. The molecule has 2 aliphatic heterocycles. The molecule has 0 aromatic heterocycles. The number of nitrogens with zero attached hydrogens (tertiary/aromatic N) is 2. The largest absolute Gasteiger partial charge is 0.371 e. The minimum atomic E-state index is -0.762. The Labute approximate surface area is 139 Å². The van der Waals surface area contributed by atoms with Crippen molar-refractivity contribution in [2.24, 2.45) is 0 Å². The van der Waals surface area contributed by atoms with Crippen molar-refractivity contribution in [3.63, 3.8) is 0 Å². The van der Waals surface area contributed by atoms with Gasteiger partial charge < -0.3 is 14.9 Å². The molecule has 2 aliphatic rings. The second kappa shape index (κ2) is 5.10. The Hall–Kier alpha value is -1.81. The van der Waals surface area contributed by atoms with Gasteiger partial charge in [0.2, 0.25) is 0 Å². The molecule has 23 heavy (non-hydrogen) atoms. The van der Waals surface area contributed by atoms with E-state index in [0.29, 0.717) is 12.0 Å². The fraction of sp³-hybridized carbons (Fsp3) is 0.526. The van der Waals surface area contributed by atoms with E-state index in [0.717, 1.165) is 39.2 Å². The highest BCUT2D eigenvalue weighted by Crippen LogP contribution is 2.42. The third-order valence-corrected chi connectivity index (χ3v) is 5.79. The van der Waals surface area contributed by atoms with Gasteiger partial charge in [-0.3, -0.25) is 4.79 Å². The van der Waals surface area contributed by atoms with E-state index in [9.17, 15) is 9.90 Å². The molecule has 0 fully saturated rings. The summed E-state index contributed by atoms with van der Waals surface area (Å²) in [6, 6.07) is -0.256. The Balaban J connectivity index is 2.34. The van der Waals surface area contributed by atoms with Crippen molar-refractivity contribution in [1.29, 1.82) is 0 Å². The van der Waals surface area contributed by atoms with Crippen LogP contribution in [0.2, 0.25) is 0 Å². The van der Waals surface area contributed by atoms with Gasteiger partial charge in [-0.1, -0.05) is 5.57 Å². The second-order valence-electron chi connectivity index (χ2n) is 6.91. The maximum Gasteiger partial charge on any atom is 0.260 e. The van der Waals surface area contributed by atoms with Crippen molar-refractivity contribution in [2.75, 3.05) is 11.9 Å². The molecular weight excluding hydrogens is 288 g/mol. The number of benzene rings is 1. The van der Waals surface area contributed by atoms with Gasteiger partial charge in [0.25, 0.3) is 5.91 Å². The number of anilines is 1. The van der Waals surface area contributed by atoms with Crippen LogP contribution in [-0.2, 0) is 0 Å². The summed E-state index contributed by atoms with van der Waals surface area (Å²) in [5, 5.41) is 10.9. The summed E-state index contributed by atoms with van der Waals surface area (Å²) >= 11 is 0. The first-order chi connectivity index (χ1) is 11.2. The van der Waals surface area contributed by atoms with Crippen molar-refractivity contribution in [3.05, 3.63) is 39.1 Å². The number of likely N-dealkylation sites (N-methyl/N-ethyl adjacent to an activating group) is 1. The van der Waals surface area contributed by atoms with E-state index in [1.807, 2.05) is 46.6 Å². The number of carbonyl (C=O) groups excluding carboxylic acids is 1. The minimum absolute atomic E-state index is 0.0343. The number of allylic oxidation sites excluding steroid dienone is 1. The van der Waals surface area contributed by atoms with Crippen LogP contribution in [0.5, 0.6) is 0 Å². The number of aliphatic hydroxyl groups excluding tert-OH is 1. The molecule has 0 saturated carbocycles. The van der Waals surface area contributed by atoms with Gasteiger partial charge in [0.05, 0.1) is 17.3 Å². The minimum Gasteiger partial charge on any atom is -0.371 e. The lowest BCUT2D eigenvalue weighted by Gasteiger charge is -2.32. The van der Waals surface area contributed by atoms with E-state index >= 15 is 0 Å². The van der Waals surface area contributed by atoms with E-state index < -0.39 is 6.23 Å². The van der Waals surface area contributed by atoms with Gasteiger partial charge in [-0.15, -0.1) is 0 Å². The average Bonchev–Trinajstić information content (AvgIpc) is 2.80. The summed E-state index contributed by atoms with van der Waals surface area (Å²) in [6.45, 7) is 10.0. The normalized spacial score (nSPS) is 24.7. The summed E-state index contributed by atoms with van der Waals surface area (Å²) in [7, 11) is 1.85. The molecule has 4 nitrogen and oxygen atoms in total. The van der Waals surface area contributed by atoms with Crippen LogP contribution >= 0.6 is 0 Å². The summed E-state index contributed by atoms with van der Waals surface area (Å²) in [5.41, 5.74) is 7.34. The summed E-state index contributed by atoms with van der Waals surface area (Å²) in [5.74, 6) is -0.0343. The van der Waals surface area contributed by atoms with E-state index in [2.05, 4.69) is 0 Å². The van der Waals surface area contributed by atoms with E-state index in [1.165, 1.54) is 0 Å². The Kier molecular flexibility index (Phi) is 3.27. The second-order valence-corrected chi connectivity index (χ2v) is 6.91. The van der Waals surface area contributed by atoms with E-state index in [4.69, 9.17) is 1.37 Å². The molecule has 1 aromatic rings. The predicted molar refractivity (Wildman–Crippen MR) is 92.7 cm³/mol. The van der Waals surface area contributed by atoms with Gasteiger partial charge in [-0.2, -0.15) is 0 Å². The van der Waals surface area contributed by atoms with Crippen LogP contribution in [-0.4, -0.2) is 35.2 Å². The smallest absolute Gasteiger partial charge is 0.260 e. The standard InChI is InChI=1S/C19H26N2O2/c1-9-8-15-18(22)20(7)17-13(5)11(3)10(2)12(4)16(17)19(23)21(15)14(9)6/h15,18,22H,8H2,1-7H3/t15-,18?/m0/s1/i3D. The maximum atomic E-state index is 13.4. The number of amides is 1. The van der Waals surface area contributed by atoms with Crippen LogP contribution in [0.3, 0.4) is 0 Å². The van der Waals surface area contributed by atoms with Gasteiger partial charge in [0.1, 0.15) is 6.23 Å². The Bertz CT molecular complexity index is 769. The molecule has 3 rings (SSSR count). The zero-order valence-electron chi connectivity index (χ0n) is 15.8. The number of hydrogen-bond donors (Lipinski definition) is 1. The van der Waals surface area contributed by atoms with Gasteiger partial charge in [0, 0.05) is 14.1 Å². The molecule has 0 radical (unpaired) electrons. The van der Waals surface area contributed by atoms with Gasteiger partial charge in [0.15, 0.2) is 0 Å². The molecule has 124 valence electrons. The van der Waals surface area contributed by atoms with Crippen molar-refractivity contribution < 1.29 is 11.3 Å². The predicted octanol–water partition coefficient (Wildman–Crippen LogP) is 3.20. The third kappa shape index (κ3) is 1.97. The number of hydrogen-bond acceptors (Lipinski definition) is 3. The topological polar surface area (TPSA) is 43.8 Å². The van der Waals surface area contributed by atoms with Gasteiger partial charge >= 0.3 is 0 Å². The highest BCUT2D eigenvalue weighted by atomic mass is 16.3. The van der Waals surface area contributed by atoms with Crippen LogP contribution in [0.1, 0.15) is 54.3 Å². The fourth-order valence-corrected chi connectivity index (χ4v) is 3.97. The summed E-state index contributed by atoms with van der Waals surface area (Å²) < 4.78 is 7.86. The number of aliphatic hydroxyl groups is 1. The zero-order chi connectivity index (χ0) is 17.9. The molecule has 0 saturated heterocycles. The molecule has 4 heteroatoms. The lowest BCUT2D eigenvalue weighted by Crippen LogP contribution is -2.47. The highest BCUT2D eigenvalue weighted by Gasteiger charge is 2.44. The molecule has 0 spiro atoms. The van der Waals surface area contributed by atoms with Crippen LogP contribution in [0, 0.1) is 27.7 Å². The quantitative estimate of drug-likeness (QED) is 0.799. The van der Waals surface area contributed by atoms with Crippen molar-refractivity contribution in [1.82, 2.24) is 4.90 Å². The van der Waals surface area contributed by atoms with Crippen LogP contribution in [0.25, 0.3) is 0 Å². The molecule has 1 amide bonds. The fourth-order valence-electron chi connectivity index (χ4n) is 3.97. The van der Waals surface area contributed by atoms with Crippen LogP contribution < -0.4 is 4.90 Å². The molecule has 2 heterocycles. The first kappa shape index (κ1) is 14.8. The Morgan fingerprint density at radius 2 is 1.74 bits per heavy atom. The van der Waals surface area contributed by atoms with Gasteiger partial charge in [-0.05, 0) is 70.2 Å². The third-order valence-electron chi connectivity index (χ3n) is 5.79. The lowest BCUT2D eigenvalue weighted by molar-refractivity contribution is 0.0561. The number of carbonyl (C=O) groups is 1. The molecule has 0 bridgehead atoms. The van der Waals surface area contributed by atoms with Crippen molar-refractivity contribution in [3.8, 4) is 0 Å². The molecule has 1 N–H and O–H groups in total. The highest BCUT2D eigenvalue weighted by molar-refractivity contribution is 6.04. The Morgan fingerprint density at radius 1 is 1.09 bits per heavy atom. The Morgan fingerprint density at radius 3 is 2.35 bits per heavy atom. The van der Waals surface area contributed by atoms with Crippen molar-refractivity contribution >= 4 is 11.6 Å². The monoisotopic (exact) mass is 315 g/mol. The molecule has 2 atom stereocenters. The molecule has 1 aromatic carbocycles. The number of fused-ring (bicyclic) bond motifs is 2. The zero-order valence-corrected chi connectivity index (χ0v) is 14.8. The molecule has 0 aliphatic carbocycles. The summed E-state index contributed by atoms with van der Waals surface area (Å²) in [4.78, 5) is 17.0. The number of rotatable bonds is 0. The summed E-state index contributed by atoms with van der Waals surface area (Å²) in [6.07, 6.45) is -0.0682. The average molecular weight is 315 g/mol. The van der Waals surface area contributed by atoms with E-state index in [-0.39, 0.29) is 18.8 Å². The van der Waals surface area contributed by atoms with E-state index in [1.54, 1.807) is 4.90 Å². The SMILES string of the molecule is [2H]Cc1c(C)c(C)c2c(c1C)N(C)C(O)[C@@H]1CC(C)=C(C)N1C2=O. The van der Waals surface area contributed by atoms with Crippen LogP contribution in [0.15, 0.2) is 11.3 Å². The first-order valence-electron chi connectivity index (χ1n) is 8.75. The maximum absolute atomic E-state index is 13.4. The van der Waals surface area contributed by atoms with Crippen molar-refractivity contribution in [2.45, 2.75) is 60.2 Å². The van der Waals surface area contributed by atoms with Gasteiger partial charge in [-0.25, -0.2) is 0 Å². The first-order valence-corrected chi connectivity index (χ1v) is 8.05. The van der Waals surface area contributed by atoms with Crippen LogP contribution in [0.4, 0.5) is 5.69 Å². The lowest BCUT2D eigenvalue weighted by atomic mass is 9.91. The molecular formula is C19H26N2O2.